The van der Waals surface area contributed by atoms with Crippen LogP contribution >= 0.6 is 0 Å². The fourth-order valence-corrected chi connectivity index (χ4v) is 3.37. The van der Waals surface area contributed by atoms with E-state index in [0.29, 0.717) is 30.1 Å². The second kappa shape index (κ2) is 6.95. The molecule has 0 spiro atoms. The lowest BCUT2D eigenvalue weighted by atomic mass is 10.1. The highest BCUT2D eigenvalue weighted by Gasteiger charge is 2.40. The van der Waals surface area contributed by atoms with Crippen molar-refractivity contribution >= 4 is 0 Å². The number of rotatable bonds is 5. The number of nitrogens with zero attached hydrogens (tertiary/aromatic N) is 4. The van der Waals surface area contributed by atoms with Crippen molar-refractivity contribution in [2.75, 3.05) is 6.61 Å². The summed E-state index contributed by atoms with van der Waals surface area (Å²) in [6, 6.07) is 7.63. The maximum absolute atomic E-state index is 12.1. The van der Waals surface area contributed by atoms with E-state index < -0.39 is 0 Å². The van der Waals surface area contributed by atoms with Gasteiger partial charge in [0.05, 0.1) is 12.2 Å². The van der Waals surface area contributed by atoms with E-state index in [-0.39, 0.29) is 5.56 Å². The largest absolute Gasteiger partial charge is 0.477 e. The molecule has 1 fully saturated rings. The summed E-state index contributed by atoms with van der Waals surface area (Å²) in [5.74, 6) is 2.06. The minimum atomic E-state index is -0.0699. The molecule has 6 heteroatoms. The maximum Gasteiger partial charge on any atom is 0.250 e. The van der Waals surface area contributed by atoms with Crippen LogP contribution in [0.25, 0.3) is 11.1 Å². The number of pyridine rings is 2. The van der Waals surface area contributed by atoms with E-state index in [0.717, 1.165) is 28.8 Å². The molecule has 138 valence electrons. The van der Waals surface area contributed by atoms with Gasteiger partial charge in [0.2, 0.25) is 5.88 Å². The van der Waals surface area contributed by atoms with E-state index >= 15 is 0 Å². The zero-order valence-electron chi connectivity index (χ0n) is 15.7. The minimum absolute atomic E-state index is 0.0699. The van der Waals surface area contributed by atoms with E-state index in [1.807, 2.05) is 38.4 Å². The van der Waals surface area contributed by atoms with Crippen LogP contribution in [0.3, 0.4) is 0 Å². The first-order valence-corrected chi connectivity index (χ1v) is 9.08. The molecule has 0 N–H and O–H groups in total. The van der Waals surface area contributed by atoms with Crippen molar-refractivity contribution in [1.29, 1.82) is 0 Å². The van der Waals surface area contributed by atoms with Crippen molar-refractivity contribution in [3.63, 3.8) is 0 Å². The lowest BCUT2D eigenvalue weighted by Crippen LogP contribution is -2.16. The SMILES string of the molecule is Cc1ncc(-c2cc(=O)n(C)cc2C)c(OCC2CC2c2ccccn2)n1. The van der Waals surface area contributed by atoms with Gasteiger partial charge < -0.3 is 9.30 Å². The Hall–Kier alpha value is -3.02. The highest BCUT2D eigenvalue weighted by Crippen LogP contribution is 2.46. The Morgan fingerprint density at radius 2 is 2.07 bits per heavy atom. The standard InChI is InChI=1S/C21H22N4O2/c1-13-11-25(3)20(26)9-16(13)18-10-23-14(2)24-21(18)27-12-15-8-17(15)19-6-4-5-7-22-19/h4-7,9-11,15,17H,8,12H2,1-3H3. The van der Waals surface area contributed by atoms with Gasteiger partial charge in [-0.15, -0.1) is 0 Å². The Kier molecular flexibility index (Phi) is 4.48. The van der Waals surface area contributed by atoms with Crippen LogP contribution in [0, 0.1) is 19.8 Å². The molecule has 1 aliphatic carbocycles. The predicted octanol–water partition coefficient (Wildman–Crippen LogP) is 3.04. The van der Waals surface area contributed by atoms with Crippen molar-refractivity contribution < 1.29 is 4.74 Å². The minimum Gasteiger partial charge on any atom is -0.477 e. The summed E-state index contributed by atoms with van der Waals surface area (Å²) < 4.78 is 7.65. The molecule has 3 aromatic heterocycles. The average molecular weight is 362 g/mol. The Morgan fingerprint density at radius 1 is 1.22 bits per heavy atom. The molecule has 0 aromatic carbocycles. The Bertz CT molecular complexity index is 1030. The van der Waals surface area contributed by atoms with Gasteiger partial charge in [0.15, 0.2) is 0 Å². The van der Waals surface area contributed by atoms with E-state index in [2.05, 4.69) is 21.0 Å². The molecular formula is C21H22N4O2. The molecule has 1 saturated carbocycles. The predicted molar refractivity (Wildman–Crippen MR) is 103 cm³/mol. The third kappa shape index (κ3) is 3.60. The highest BCUT2D eigenvalue weighted by molar-refractivity contribution is 5.70. The topological polar surface area (TPSA) is 69.9 Å². The number of aryl methyl sites for hydroxylation is 3. The molecule has 0 amide bonds. The molecule has 0 bridgehead atoms. The summed E-state index contributed by atoms with van der Waals surface area (Å²) in [5.41, 5.74) is 3.59. The molecule has 3 aromatic rings. The van der Waals surface area contributed by atoms with Gasteiger partial charge >= 0.3 is 0 Å². The van der Waals surface area contributed by atoms with E-state index in [9.17, 15) is 4.79 Å². The molecule has 0 radical (unpaired) electrons. The molecule has 0 aliphatic heterocycles. The lowest BCUT2D eigenvalue weighted by Gasteiger charge is -2.13. The summed E-state index contributed by atoms with van der Waals surface area (Å²) in [6.45, 7) is 4.38. The summed E-state index contributed by atoms with van der Waals surface area (Å²) >= 11 is 0. The van der Waals surface area contributed by atoms with E-state index in [1.54, 1.807) is 23.9 Å². The average Bonchev–Trinajstić information content (AvgIpc) is 3.44. The molecule has 2 atom stereocenters. The number of hydrogen-bond acceptors (Lipinski definition) is 5. The number of ether oxygens (including phenoxy) is 1. The van der Waals surface area contributed by atoms with Crippen LogP contribution in [0.2, 0.25) is 0 Å². The Balaban J connectivity index is 1.56. The molecule has 0 saturated heterocycles. The van der Waals surface area contributed by atoms with Crippen LogP contribution in [0.5, 0.6) is 5.88 Å². The highest BCUT2D eigenvalue weighted by atomic mass is 16.5. The van der Waals surface area contributed by atoms with Gasteiger partial charge in [0.1, 0.15) is 5.82 Å². The van der Waals surface area contributed by atoms with Crippen LogP contribution in [0.1, 0.15) is 29.4 Å². The van der Waals surface area contributed by atoms with Crippen molar-refractivity contribution in [3.05, 3.63) is 70.3 Å². The van der Waals surface area contributed by atoms with Gasteiger partial charge in [-0.3, -0.25) is 9.78 Å². The zero-order chi connectivity index (χ0) is 19.0. The summed E-state index contributed by atoms with van der Waals surface area (Å²) in [4.78, 5) is 25.3. The van der Waals surface area contributed by atoms with Gasteiger partial charge in [-0.1, -0.05) is 6.07 Å². The number of aromatic nitrogens is 4. The fraction of sp³-hybridized carbons (Fsp3) is 0.333. The smallest absolute Gasteiger partial charge is 0.250 e. The van der Waals surface area contributed by atoms with Crippen molar-refractivity contribution in [2.24, 2.45) is 13.0 Å². The monoisotopic (exact) mass is 362 g/mol. The van der Waals surface area contributed by atoms with Gasteiger partial charge in [-0.2, -0.15) is 4.98 Å². The summed E-state index contributed by atoms with van der Waals surface area (Å²) in [7, 11) is 1.74. The van der Waals surface area contributed by atoms with Crippen molar-refractivity contribution in [1.82, 2.24) is 19.5 Å². The second-order valence-electron chi connectivity index (χ2n) is 7.12. The molecule has 6 nitrogen and oxygen atoms in total. The normalized spacial score (nSPS) is 18.3. The quantitative estimate of drug-likeness (QED) is 0.698. The van der Waals surface area contributed by atoms with E-state index in [4.69, 9.17) is 4.74 Å². The van der Waals surface area contributed by atoms with Crippen LogP contribution in [-0.4, -0.2) is 26.1 Å². The molecule has 3 heterocycles. The van der Waals surface area contributed by atoms with Gasteiger partial charge in [-0.05, 0) is 43.5 Å². The first-order valence-electron chi connectivity index (χ1n) is 9.08. The molecule has 2 unspecified atom stereocenters. The second-order valence-corrected chi connectivity index (χ2v) is 7.12. The third-order valence-corrected chi connectivity index (χ3v) is 5.02. The summed E-state index contributed by atoms with van der Waals surface area (Å²) in [5, 5.41) is 0. The van der Waals surface area contributed by atoms with Crippen LogP contribution in [-0.2, 0) is 7.05 Å². The van der Waals surface area contributed by atoms with Gasteiger partial charge in [0, 0.05) is 49.2 Å². The Morgan fingerprint density at radius 3 is 2.85 bits per heavy atom. The third-order valence-electron chi connectivity index (χ3n) is 5.02. The van der Waals surface area contributed by atoms with Gasteiger partial charge in [0.25, 0.3) is 5.56 Å². The molecular weight excluding hydrogens is 340 g/mol. The van der Waals surface area contributed by atoms with Crippen molar-refractivity contribution in [2.45, 2.75) is 26.2 Å². The summed E-state index contributed by atoms with van der Waals surface area (Å²) in [6.07, 6.45) is 6.46. The molecule has 4 rings (SSSR count). The van der Waals surface area contributed by atoms with E-state index in [1.165, 1.54) is 0 Å². The van der Waals surface area contributed by atoms with Crippen molar-refractivity contribution in [3.8, 4) is 17.0 Å². The zero-order valence-corrected chi connectivity index (χ0v) is 15.7. The molecule has 27 heavy (non-hydrogen) atoms. The lowest BCUT2D eigenvalue weighted by molar-refractivity contribution is 0.285. The fourth-order valence-electron chi connectivity index (χ4n) is 3.37. The first-order chi connectivity index (χ1) is 13.0. The Labute approximate surface area is 157 Å². The maximum atomic E-state index is 12.1. The number of hydrogen-bond donors (Lipinski definition) is 0. The first kappa shape index (κ1) is 17.4. The van der Waals surface area contributed by atoms with Crippen LogP contribution in [0.15, 0.2) is 47.7 Å². The molecule has 1 aliphatic rings. The van der Waals surface area contributed by atoms with Crippen LogP contribution in [0.4, 0.5) is 0 Å². The van der Waals surface area contributed by atoms with Gasteiger partial charge in [-0.25, -0.2) is 4.98 Å². The van der Waals surface area contributed by atoms with Crippen LogP contribution < -0.4 is 10.3 Å².